The van der Waals surface area contributed by atoms with Crippen LogP contribution in [-0.4, -0.2) is 52.0 Å². The number of hydrogen-bond acceptors (Lipinski definition) is 5. The first-order chi connectivity index (χ1) is 13.1. The van der Waals surface area contributed by atoms with Crippen LogP contribution in [-0.2, 0) is 20.8 Å². The van der Waals surface area contributed by atoms with E-state index in [1.807, 2.05) is 0 Å². The number of carboxylic acid groups (broad SMARTS) is 1. The minimum Gasteiger partial charge on any atom is -0.480 e. The van der Waals surface area contributed by atoms with Gasteiger partial charge in [0.1, 0.15) is 6.04 Å². The van der Waals surface area contributed by atoms with Gasteiger partial charge >= 0.3 is 12.1 Å². The summed E-state index contributed by atoms with van der Waals surface area (Å²) in [5.74, 6) is -1.26. The van der Waals surface area contributed by atoms with Gasteiger partial charge in [0, 0.05) is 18.9 Å². The van der Waals surface area contributed by atoms with E-state index in [-0.39, 0.29) is 18.7 Å². The molecule has 0 aliphatic carbocycles. The second kappa shape index (κ2) is 6.97. The third-order valence-corrected chi connectivity index (χ3v) is 6.79. The van der Waals surface area contributed by atoms with E-state index in [1.165, 1.54) is 40.3 Å². The molecule has 11 heteroatoms. The van der Waals surface area contributed by atoms with Gasteiger partial charge in [0.15, 0.2) is 9.84 Å². The van der Waals surface area contributed by atoms with Crippen LogP contribution in [0.25, 0.3) is 5.69 Å². The zero-order chi connectivity index (χ0) is 20.7. The van der Waals surface area contributed by atoms with Crippen LogP contribution in [0.3, 0.4) is 0 Å². The Morgan fingerprint density at radius 3 is 2.57 bits per heavy atom. The molecule has 1 N–H and O–H groups in total. The predicted octanol–water partition coefficient (Wildman–Crippen LogP) is 2.34. The Morgan fingerprint density at radius 1 is 1.36 bits per heavy atom. The summed E-state index contributed by atoms with van der Waals surface area (Å²) in [5, 5.41) is 11.8. The average molecular weight is 415 g/mol. The lowest BCUT2D eigenvalue weighted by atomic mass is 10.2. The molecule has 0 bridgehead atoms. The van der Waals surface area contributed by atoms with Crippen molar-refractivity contribution >= 4 is 15.8 Å². The second-order valence-corrected chi connectivity index (χ2v) is 8.46. The summed E-state index contributed by atoms with van der Waals surface area (Å²) < 4.78 is 67.9. The number of aromatic nitrogens is 2. The van der Waals surface area contributed by atoms with Crippen molar-refractivity contribution in [3.63, 3.8) is 0 Å². The number of nitrogens with zero attached hydrogens (tertiary/aromatic N) is 3. The Morgan fingerprint density at radius 2 is 2.07 bits per heavy atom. The summed E-state index contributed by atoms with van der Waals surface area (Å²) in [5.41, 5.74) is -1.26. The third kappa shape index (κ3) is 3.49. The van der Waals surface area contributed by atoms with Crippen molar-refractivity contribution in [3.05, 3.63) is 55.0 Å². The highest BCUT2D eigenvalue weighted by molar-refractivity contribution is 7.92. The van der Waals surface area contributed by atoms with Gasteiger partial charge in [0.25, 0.3) is 0 Å². The lowest BCUT2D eigenvalue weighted by Gasteiger charge is -2.19. The van der Waals surface area contributed by atoms with E-state index in [0.717, 1.165) is 12.1 Å². The van der Waals surface area contributed by atoms with Crippen LogP contribution in [0.5, 0.6) is 0 Å². The predicted molar refractivity (Wildman–Crippen MR) is 92.5 cm³/mol. The highest BCUT2D eigenvalue weighted by atomic mass is 32.2. The first-order valence-corrected chi connectivity index (χ1v) is 9.66. The molecule has 2 aromatic rings. The minimum atomic E-state index is -4.92. The van der Waals surface area contributed by atoms with E-state index in [4.69, 9.17) is 0 Å². The Kier molecular flexibility index (Phi) is 4.96. The van der Waals surface area contributed by atoms with Crippen molar-refractivity contribution < 1.29 is 31.5 Å². The first kappa shape index (κ1) is 19.9. The molecule has 0 radical (unpaired) electrons. The second-order valence-electron chi connectivity index (χ2n) is 6.26. The van der Waals surface area contributed by atoms with Crippen LogP contribution in [0.15, 0.2) is 54.3 Å². The van der Waals surface area contributed by atoms with Crippen LogP contribution >= 0.6 is 0 Å². The van der Waals surface area contributed by atoms with Gasteiger partial charge < -0.3 is 10.0 Å². The molecule has 28 heavy (non-hydrogen) atoms. The molecule has 1 aliphatic rings. The monoisotopic (exact) mass is 415 g/mol. The highest BCUT2D eigenvalue weighted by Crippen LogP contribution is 2.38. The van der Waals surface area contributed by atoms with Gasteiger partial charge in [-0.15, -0.1) is 0 Å². The minimum absolute atomic E-state index is 0.0545. The van der Waals surface area contributed by atoms with Gasteiger partial charge in [-0.2, -0.15) is 18.3 Å². The molecular formula is C17H16F3N3O4S. The van der Waals surface area contributed by atoms with E-state index in [9.17, 15) is 31.5 Å². The van der Waals surface area contributed by atoms with Gasteiger partial charge in [-0.3, -0.25) is 0 Å². The van der Waals surface area contributed by atoms with Crippen molar-refractivity contribution in [3.8, 4) is 5.69 Å². The van der Waals surface area contributed by atoms with Crippen LogP contribution in [0.2, 0.25) is 0 Å². The maximum atomic E-state index is 13.6. The standard InChI is InChI=1S/C17H16F3N3O4S/c1-2-22-10-12(9-14(22)16(24)25)28(26,27)15-5-4-11(23-7-3-6-21-23)8-13(15)17(18,19)20/h2-8,12,14H,1,9-10H2,(H,24,25)/t12-,14+/m1/s1. The number of sulfone groups is 1. The summed E-state index contributed by atoms with van der Waals surface area (Å²) in [6.07, 6.45) is -1.26. The largest absolute Gasteiger partial charge is 0.480 e. The lowest BCUT2D eigenvalue weighted by Crippen LogP contribution is -2.31. The number of benzene rings is 1. The normalized spacial score (nSPS) is 20.3. The van der Waals surface area contributed by atoms with Crippen LogP contribution in [0, 0.1) is 0 Å². The zero-order valence-electron chi connectivity index (χ0n) is 14.4. The Bertz CT molecular complexity index is 1000. The molecule has 1 fully saturated rings. The smallest absolute Gasteiger partial charge is 0.417 e. The van der Waals surface area contributed by atoms with Gasteiger partial charge in [-0.1, -0.05) is 6.58 Å². The molecule has 7 nitrogen and oxygen atoms in total. The molecule has 0 amide bonds. The van der Waals surface area contributed by atoms with E-state index < -0.39 is 43.7 Å². The highest BCUT2D eigenvalue weighted by Gasteiger charge is 2.45. The fourth-order valence-corrected chi connectivity index (χ4v) is 5.12. The molecule has 1 aromatic heterocycles. The Labute approximate surface area is 158 Å². The number of halogens is 3. The Hall–Kier alpha value is -2.82. The third-order valence-electron chi connectivity index (χ3n) is 4.60. The van der Waals surface area contributed by atoms with E-state index >= 15 is 0 Å². The van der Waals surface area contributed by atoms with E-state index in [2.05, 4.69) is 11.7 Å². The maximum absolute atomic E-state index is 13.6. The summed E-state index contributed by atoms with van der Waals surface area (Å²) in [7, 11) is -4.45. The van der Waals surface area contributed by atoms with Crippen molar-refractivity contribution in [2.45, 2.75) is 28.8 Å². The molecule has 3 rings (SSSR count). The number of carboxylic acids is 1. The SMILES string of the molecule is C=CN1C[C@H](S(=O)(=O)c2ccc(-n3cccn3)cc2C(F)(F)F)C[C@H]1C(=O)O. The van der Waals surface area contributed by atoms with Crippen molar-refractivity contribution in [1.29, 1.82) is 0 Å². The van der Waals surface area contributed by atoms with E-state index in [0.29, 0.717) is 0 Å². The van der Waals surface area contributed by atoms with Crippen LogP contribution in [0.1, 0.15) is 12.0 Å². The van der Waals surface area contributed by atoms with E-state index in [1.54, 1.807) is 0 Å². The average Bonchev–Trinajstić information content (AvgIpc) is 3.30. The fraction of sp³-hybridized carbons (Fsp3) is 0.294. The summed E-state index contributed by atoms with van der Waals surface area (Å²) in [6.45, 7) is 3.19. The number of likely N-dealkylation sites (tertiary alicyclic amines) is 1. The number of rotatable bonds is 5. The number of aliphatic carboxylic acids is 1. The molecule has 2 heterocycles. The van der Waals surface area contributed by atoms with Crippen molar-refractivity contribution in [2.24, 2.45) is 0 Å². The van der Waals surface area contributed by atoms with Gasteiger partial charge in [0.2, 0.25) is 0 Å². The van der Waals surface area contributed by atoms with Crippen molar-refractivity contribution in [2.75, 3.05) is 6.54 Å². The summed E-state index contributed by atoms with van der Waals surface area (Å²) >= 11 is 0. The van der Waals surface area contributed by atoms with Crippen LogP contribution in [0.4, 0.5) is 13.2 Å². The number of carbonyl (C=O) groups is 1. The molecular weight excluding hydrogens is 399 g/mol. The molecule has 0 saturated carbocycles. The molecule has 1 aliphatic heterocycles. The summed E-state index contributed by atoms with van der Waals surface area (Å²) in [6, 6.07) is 3.20. The molecule has 0 unspecified atom stereocenters. The van der Waals surface area contributed by atoms with Gasteiger partial charge in [-0.05, 0) is 36.9 Å². The van der Waals surface area contributed by atoms with Crippen LogP contribution < -0.4 is 0 Å². The maximum Gasteiger partial charge on any atom is 0.417 e. The zero-order valence-corrected chi connectivity index (χ0v) is 15.2. The number of alkyl halides is 3. The van der Waals surface area contributed by atoms with Gasteiger partial charge in [0.05, 0.1) is 21.4 Å². The van der Waals surface area contributed by atoms with Crippen molar-refractivity contribution in [1.82, 2.24) is 14.7 Å². The summed E-state index contributed by atoms with van der Waals surface area (Å²) in [4.78, 5) is 11.6. The molecule has 1 saturated heterocycles. The quantitative estimate of drug-likeness (QED) is 0.806. The molecule has 1 aromatic carbocycles. The Balaban J connectivity index is 2.07. The number of hydrogen-bond donors (Lipinski definition) is 1. The lowest BCUT2D eigenvalue weighted by molar-refractivity contribution is -0.141. The topological polar surface area (TPSA) is 92.5 Å². The molecule has 150 valence electrons. The molecule has 0 spiro atoms. The first-order valence-electron chi connectivity index (χ1n) is 8.12. The fourth-order valence-electron chi connectivity index (χ4n) is 3.22. The van der Waals surface area contributed by atoms with Gasteiger partial charge in [-0.25, -0.2) is 17.9 Å². The molecule has 2 atom stereocenters.